The molecule has 198 valence electrons. The number of piperazine rings is 1. The molecule has 3 aliphatic rings. The first-order valence-electron chi connectivity index (χ1n) is 12.0. The number of aryl methyl sites for hydroxylation is 1. The second kappa shape index (κ2) is 8.56. The van der Waals surface area contributed by atoms with E-state index in [4.69, 9.17) is 9.72 Å². The van der Waals surface area contributed by atoms with Gasteiger partial charge in [-0.05, 0) is 45.7 Å². The third kappa shape index (κ3) is 4.58. The number of aromatic nitrogens is 4. The fraction of sp³-hybridized carbons (Fsp3) is 0.565. The molecule has 10 nitrogen and oxygen atoms in total. The Labute approximate surface area is 216 Å². The number of alkyl halides is 2. The maximum Gasteiger partial charge on any atom is 0.291 e. The Kier molecular flexibility index (Phi) is 5.77. The zero-order chi connectivity index (χ0) is 26.2. The standard InChI is InChI=1S/C23H27F2N7O3S2/c1-12-8-32(9-23(28-12)10-35-11-23)16-7-14(37(33,34)31-22(3)4-5-22)6-15-17(16)26-13(2)27-18(15)20-29-30-21(36-20)19(24)25/h6-7,12,19,28,31H,4-5,8-11H2,1-3H3/t12-/m0/s1. The van der Waals surface area contributed by atoms with E-state index in [2.05, 4.69) is 37.0 Å². The molecule has 0 unspecified atom stereocenters. The summed E-state index contributed by atoms with van der Waals surface area (Å²) in [6, 6.07) is 3.29. The molecule has 2 saturated heterocycles. The molecule has 3 aromatic rings. The number of sulfonamides is 1. The Bertz CT molecular complexity index is 1490. The second-order valence-corrected chi connectivity index (χ2v) is 13.3. The molecule has 3 fully saturated rings. The molecule has 37 heavy (non-hydrogen) atoms. The molecule has 1 aromatic carbocycles. The van der Waals surface area contributed by atoms with Crippen molar-refractivity contribution in [2.45, 2.75) is 62.1 Å². The smallest absolute Gasteiger partial charge is 0.291 e. The Morgan fingerprint density at radius 1 is 1.24 bits per heavy atom. The SMILES string of the molecule is Cc1nc(-c2nnc(C(F)F)s2)c2cc(S(=O)(=O)NC3(C)CC3)cc(N3C[C@H](C)NC4(COC4)C3)c2n1. The van der Waals surface area contributed by atoms with Crippen LogP contribution in [-0.2, 0) is 14.8 Å². The maximum atomic E-state index is 13.5. The van der Waals surface area contributed by atoms with Crippen LogP contribution in [0.5, 0.6) is 0 Å². The lowest BCUT2D eigenvalue weighted by Crippen LogP contribution is -2.72. The van der Waals surface area contributed by atoms with Crippen molar-refractivity contribution in [3.63, 3.8) is 0 Å². The third-order valence-corrected chi connectivity index (χ3v) is 9.58. The van der Waals surface area contributed by atoms with E-state index < -0.39 is 27.0 Å². The number of hydrogen-bond donors (Lipinski definition) is 2. The zero-order valence-corrected chi connectivity index (χ0v) is 22.2. The average Bonchev–Trinajstić information content (AvgIpc) is 3.31. The highest BCUT2D eigenvalue weighted by atomic mass is 32.2. The molecule has 4 heterocycles. The van der Waals surface area contributed by atoms with E-state index in [0.29, 0.717) is 48.7 Å². The van der Waals surface area contributed by atoms with Crippen molar-refractivity contribution in [2.24, 2.45) is 0 Å². The van der Waals surface area contributed by atoms with Crippen molar-refractivity contribution in [1.29, 1.82) is 0 Å². The van der Waals surface area contributed by atoms with Crippen LogP contribution in [0.1, 0.15) is 43.9 Å². The summed E-state index contributed by atoms with van der Waals surface area (Å²) in [4.78, 5) is 11.4. The van der Waals surface area contributed by atoms with Crippen molar-refractivity contribution < 1.29 is 21.9 Å². The molecule has 0 amide bonds. The van der Waals surface area contributed by atoms with Crippen LogP contribution in [0.2, 0.25) is 0 Å². The van der Waals surface area contributed by atoms with Gasteiger partial charge in [0.2, 0.25) is 10.0 Å². The number of fused-ring (bicyclic) bond motifs is 1. The van der Waals surface area contributed by atoms with Crippen molar-refractivity contribution in [3.05, 3.63) is 23.0 Å². The highest BCUT2D eigenvalue weighted by Crippen LogP contribution is 2.40. The van der Waals surface area contributed by atoms with Crippen LogP contribution >= 0.6 is 11.3 Å². The third-order valence-electron chi connectivity index (χ3n) is 7.02. The maximum absolute atomic E-state index is 13.5. The predicted molar refractivity (Wildman–Crippen MR) is 134 cm³/mol. The molecular formula is C23H27F2N7O3S2. The van der Waals surface area contributed by atoms with Crippen LogP contribution in [-0.4, -0.2) is 72.0 Å². The highest BCUT2D eigenvalue weighted by Gasteiger charge is 2.45. The minimum atomic E-state index is -3.88. The van der Waals surface area contributed by atoms with Crippen molar-refractivity contribution in [3.8, 4) is 10.7 Å². The predicted octanol–water partition coefficient (Wildman–Crippen LogP) is 2.79. The van der Waals surface area contributed by atoms with Gasteiger partial charge < -0.3 is 15.0 Å². The summed E-state index contributed by atoms with van der Waals surface area (Å²) in [5, 5.41) is 11.4. The summed E-state index contributed by atoms with van der Waals surface area (Å²) in [7, 11) is -3.88. The van der Waals surface area contributed by atoms with Gasteiger partial charge in [-0.3, -0.25) is 0 Å². The van der Waals surface area contributed by atoms with Crippen LogP contribution in [0.25, 0.3) is 21.6 Å². The molecule has 1 spiro atoms. The van der Waals surface area contributed by atoms with E-state index in [1.54, 1.807) is 13.0 Å². The molecule has 2 aliphatic heterocycles. The second-order valence-electron chi connectivity index (χ2n) is 10.6. The van der Waals surface area contributed by atoms with Crippen LogP contribution in [0, 0.1) is 6.92 Å². The van der Waals surface area contributed by atoms with Gasteiger partial charge in [0.1, 0.15) is 11.5 Å². The number of anilines is 1. The summed E-state index contributed by atoms with van der Waals surface area (Å²) in [6.45, 7) is 8.00. The first kappa shape index (κ1) is 24.9. The quantitative estimate of drug-likeness (QED) is 0.476. The van der Waals surface area contributed by atoms with Crippen LogP contribution in [0.3, 0.4) is 0 Å². The first-order valence-corrected chi connectivity index (χ1v) is 14.3. The lowest BCUT2D eigenvalue weighted by atomic mass is 9.91. The fourth-order valence-electron chi connectivity index (χ4n) is 5.03. The molecule has 2 aromatic heterocycles. The van der Waals surface area contributed by atoms with Gasteiger partial charge in [-0.1, -0.05) is 11.3 Å². The molecule has 1 atom stereocenters. The largest absolute Gasteiger partial charge is 0.377 e. The first-order chi connectivity index (χ1) is 17.5. The Hall–Kier alpha value is -2.39. The van der Waals surface area contributed by atoms with E-state index in [1.165, 1.54) is 6.07 Å². The van der Waals surface area contributed by atoms with Gasteiger partial charge in [-0.15, -0.1) is 10.2 Å². The van der Waals surface area contributed by atoms with Crippen LogP contribution < -0.4 is 14.9 Å². The molecule has 0 bridgehead atoms. The fourth-order valence-corrected chi connectivity index (χ4v) is 7.25. The van der Waals surface area contributed by atoms with Crippen LogP contribution in [0.4, 0.5) is 14.5 Å². The van der Waals surface area contributed by atoms with E-state index in [-0.39, 0.29) is 27.2 Å². The average molecular weight is 552 g/mol. The molecule has 14 heteroatoms. The van der Waals surface area contributed by atoms with Crippen molar-refractivity contribution in [1.82, 2.24) is 30.2 Å². The van der Waals surface area contributed by atoms with Gasteiger partial charge in [0, 0.05) is 30.1 Å². The van der Waals surface area contributed by atoms with Crippen molar-refractivity contribution >= 4 is 38.0 Å². The Morgan fingerprint density at radius 3 is 2.62 bits per heavy atom. The monoisotopic (exact) mass is 551 g/mol. The molecule has 6 rings (SSSR count). The summed E-state index contributed by atoms with van der Waals surface area (Å²) < 4.78 is 61.9. The number of nitrogens with one attached hydrogen (secondary N) is 2. The van der Waals surface area contributed by atoms with Gasteiger partial charge >= 0.3 is 0 Å². The number of hydrogen-bond acceptors (Lipinski definition) is 10. The van der Waals surface area contributed by atoms with E-state index in [9.17, 15) is 17.2 Å². The molecule has 1 aliphatic carbocycles. The number of halogens is 2. The van der Waals surface area contributed by atoms with Gasteiger partial charge in [-0.2, -0.15) is 0 Å². The number of rotatable bonds is 6. The normalized spacial score (nSPS) is 22.5. The van der Waals surface area contributed by atoms with Crippen LogP contribution in [0.15, 0.2) is 17.0 Å². The molecule has 2 N–H and O–H groups in total. The number of benzene rings is 1. The van der Waals surface area contributed by atoms with Gasteiger partial charge in [0.25, 0.3) is 6.43 Å². The van der Waals surface area contributed by atoms with Gasteiger partial charge in [0.15, 0.2) is 10.0 Å². The highest BCUT2D eigenvalue weighted by molar-refractivity contribution is 7.89. The lowest BCUT2D eigenvalue weighted by Gasteiger charge is -2.51. The summed E-state index contributed by atoms with van der Waals surface area (Å²) in [5.74, 6) is 0.418. The van der Waals surface area contributed by atoms with Gasteiger partial charge in [0.05, 0.1) is 34.9 Å². The minimum Gasteiger partial charge on any atom is -0.377 e. The summed E-state index contributed by atoms with van der Waals surface area (Å²) in [5.41, 5.74) is 0.770. The minimum absolute atomic E-state index is 0.0699. The Morgan fingerprint density at radius 2 is 2.00 bits per heavy atom. The summed E-state index contributed by atoms with van der Waals surface area (Å²) >= 11 is 0.738. The van der Waals surface area contributed by atoms with Crippen molar-refractivity contribution in [2.75, 3.05) is 31.2 Å². The topological polar surface area (TPSA) is 122 Å². The molecule has 0 radical (unpaired) electrons. The molecular weight excluding hydrogens is 524 g/mol. The van der Waals surface area contributed by atoms with E-state index in [0.717, 1.165) is 24.2 Å². The van der Waals surface area contributed by atoms with E-state index >= 15 is 0 Å². The summed E-state index contributed by atoms with van der Waals surface area (Å²) in [6.07, 6.45) is -1.24. The van der Waals surface area contributed by atoms with E-state index in [1.807, 2.05) is 6.92 Å². The lowest BCUT2D eigenvalue weighted by molar-refractivity contribution is -0.0802. The molecule has 1 saturated carbocycles. The van der Waals surface area contributed by atoms with Gasteiger partial charge in [-0.25, -0.2) is 31.9 Å². The Balaban J connectivity index is 1.56. The zero-order valence-electron chi connectivity index (χ0n) is 20.6. The number of ether oxygens (including phenoxy) is 1. The number of nitrogens with zero attached hydrogens (tertiary/aromatic N) is 5.